The quantitative estimate of drug-likeness (QED) is 0.392. The summed E-state index contributed by atoms with van der Waals surface area (Å²) in [6.07, 6.45) is 1.79. The van der Waals surface area contributed by atoms with Gasteiger partial charge in [0.25, 0.3) is 0 Å². The largest absolute Gasteiger partial charge is 0.435 e. The Morgan fingerprint density at radius 1 is 1.18 bits per heavy atom. The number of thiazole rings is 1. The summed E-state index contributed by atoms with van der Waals surface area (Å²) in [5, 5.41) is 6.54. The van der Waals surface area contributed by atoms with Crippen LogP contribution in [0.15, 0.2) is 51.9 Å². The van der Waals surface area contributed by atoms with Gasteiger partial charge in [-0.15, -0.1) is 22.7 Å². The van der Waals surface area contributed by atoms with Crippen LogP contribution in [0.3, 0.4) is 0 Å². The van der Waals surface area contributed by atoms with Gasteiger partial charge in [-0.2, -0.15) is 13.9 Å². The zero-order valence-corrected chi connectivity index (χ0v) is 17.0. The van der Waals surface area contributed by atoms with Crippen LogP contribution in [0.25, 0.3) is 11.3 Å². The summed E-state index contributed by atoms with van der Waals surface area (Å²) in [6.45, 7) is 0.230. The van der Waals surface area contributed by atoms with Gasteiger partial charge in [-0.3, -0.25) is 4.99 Å². The second kappa shape index (κ2) is 9.72. The average Bonchev–Trinajstić information content (AvgIpc) is 3.26. The first-order valence-electron chi connectivity index (χ1n) is 8.43. The summed E-state index contributed by atoms with van der Waals surface area (Å²) in [5.41, 5.74) is 1.64. The molecule has 2 aromatic heterocycles. The molecule has 0 unspecified atom stereocenters. The van der Waals surface area contributed by atoms with Crippen LogP contribution in [0.5, 0.6) is 5.75 Å². The van der Waals surface area contributed by atoms with E-state index in [1.54, 1.807) is 41.5 Å². The lowest BCUT2D eigenvalue weighted by Crippen LogP contribution is -2.13. The molecule has 0 radical (unpaired) electrons. The maximum Gasteiger partial charge on any atom is 0.387 e. The lowest BCUT2D eigenvalue weighted by atomic mass is 10.2. The first-order valence-corrected chi connectivity index (χ1v) is 10.1. The summed E-state index contributed by atoms with van der Waals surface area (Å²) >= 11 is 3.10. The van der Waals surface area contributed by atoms with Crippen LogP contribution >= 0.6 is 22.7 Å². The van der Waals surface area contributed by atoms with E-state index < -0.39 is 6.61 Å². The molecule has 0 amide bonds. The molecule has 3 aromatic rings. The van der Waals surface area contributed by atoms with Gasteiger partial charge >= 0.3 is 6.61 Å². The molecule has 0 aliphatic heterocycles. The minimum Gasteiger partial charge on any atom is -0.435 e. The van der Waals surface area contributed by atoms with Crippen LogP contribution in [0.4, 0.5) is 8.78 Å². The highest BCUT2D eigenvalue weighted by molar-refractivity contribution is 7.13. The molecular formula is C19H19F2N3O2S2. The molecule has 0 aliphatic carbocycles. The van der Waals surface area contributed by atoms with Crippen LogP contribution < -0.4 is 9.54 Å². The number of aromatic nitrogens is 1. The van der Waals surface area contributed by atoms with Crippen molar-refractivity contribution >= 4 is 28.9 Å². The normalized spacial score (nSPS) is 12.4. The fourth-order valence-electron chi connectivity index (χ4n) is 2.39. The molecule has 5 nitrogen and oxygen atoms in total. The topological polar surface area (TPSA) is 48.1 Å². The zero-order chi connectivity index (χ0) is 19.9. The predicted molar refractivity (Wildman–Crippen MR) is 109 cm³/mol. The summed E-state index contributed by atoms with van der Waals surface area (Å²) in [7, 11) is 1.63. The smallest absolute Gasteiger partial charge is 0.387 e. The number of hydrogen-bond donors (Lipinski definition) is 0. The zero-order valence-electron chi connectivity index (χ0n) is 15.3. The van der Waals surface area contributed by atoms with Crippen molar-refractivity contribution in [1.29, 1.82) is 0 Å². The first-order chi connectivity index (χ1) is 13.6. The van der Waals surface area contributed by atoms with E-state index in [4.69, 9.17) is 4.74 Å². The van der Waals surface area contributed by atoms with Crippen molar-refractivity contribution in [2.75, 3.05) is 20.3 Å². The van der Waals surface area contributed by atoms with Crippen LogP contribution in [-0.4, -0.2) is 37.8 Å². The Morgan fingerprint density at radius 3 is 2.61 bits per heavy atom. The van der Waals surface area contributed by atoms with E-state index in [1.807, 2.05) is 24.4 Å². The highest BCUT2D eigenvalue weighted by atomic mass is 32.1. The minimum absolute atomic E-state index is 0.114. The molecule has 3 rings (SSSR count). The third-order valence-corrected chi connectivity index (χ3v) is 5.45. The van der Waals surface area contributed by atoms with Gasteiger partial charge in [0.15, 0.2) is 0 Å². The molecule has 0 saturated carbocycles. The van der Waals surface area contributed by atoms with Gasteiger partial charge < -0.3 is 9.47 Å². The van der Waals surface area contributed by atoms with Crippen molar-refractivity contribution in [3.63, 3.8) is 0 Å². The third kappa shape index (κ3) is 5.34. The summed E-state index contributed by atoms with van der Waals surface area (Å²) in [4.78, 5) is 7.50. The van der Waals surface area contributed by atoms with Crippen molar-refractivity contribution in [3.8, 4) is 17.0 Å². The number of methoxy groups -OCH3 is 1. The second-order valence-electron chi connectivity index (χ2n) is 5.69. The van der Waals surface area contributed by atoms with Gasteiger partial charge in [-0.1, -0.05) is 0 Å². The molecule has 148 valence electrons. The van der Waals surface area contributed by atoms with E-state index in [0.717, 1.165) is 20.9 Å². The number of alkyl halides is 2. The van der Waals surface area contributed by atoms with Crippen molar-refractivity contribution in [3.05, 3.63) is 56.3 Å². The lowest BCUT2D eigenvalue weighted by Gasteiger charge is -2.06. The molecule has 0 bridgehead atoms. The SMILES string of the molecule is COCCN=c1scc(-c2ccc(OC(F)F)cc2)n1N=Cc1ccc(C)s1. The highest BCUT2D eigenvalue weighted by Gasteiger charge is 2.09. The molecule has 0 spiro atoms. The molecule has 2 heterocycles. The highest BCUT2D eigenvalue weighted by Crippen LogP contribution is 2.24. The maximum absolute atomic E-state index is 12.4. The second-order valence-corrected chi connectivity index (χ2v) is 7.84. The average molecular weight is 424 g/mol. The molecule has 1 aromatic carbocycles. The third-order valence-electron chi connectivity index (χ3n) is 3.66. The number of hydrogen-bond acceptors (Lipinski definition) is 6. The number of benzene rings is 1. The Morgan fingerprint density at radius 2 is 1.96 bits per heavy atom. The van der Waals surface area contributed by atoms with Gasteiger partial charge in [0, 0.05) is 27.8 Å². The predicted octanol–water partition coefficient (Wildman–Crippen LogP) is 4.62. The Kier molecular flexibility index (Phi) is 7.07. The standard InChI is InChI=1S/C19H19F2N3O2S2/c1-13-3-8-16(28-13)11-23-24-17(12-27-19(24)22-9-10-25-2)14-4-6-15(7-5-14)26-18(20)21/h3-8,11-12,18H,9-10H2,1-2H3. The van der Waals surface area contributed by atoms with E-state index in [1.165, 1.54) is 28.3 Å². The molecule has 0 saturated heterocycles. The molecule has 0 fully saturated rings. The number of ether oxygens (including phenoxy) is 2. The monoisotopic (exact) mass is 423 g/mol. The lowest BCUT2D eigenvalue weighted by molar-refractivity contribution is -0.0498. The molecular weight excluding hydrogens is 404 g/mol. The summed E-state index contributed by atoms with van der Waals surface area (Å²) in [5.74, 6) is 0.114. The number of aryl methyl sites for hydroxylation is 1. The van der Waals surface area contributed by atoms with Gasteiger partial charge in [0.05, 0.1) is 25.1 Å². The fraction of sp³-hybridized carbons (Fsp3) is 0.263. The van der Waals surface area contributed by atoms with E-state index >= 15 is 0 Å². The van der Waals surface area contributed by atoms with Crippen molar-refractivity contribution in [2.24, 2.45) is 10.1 Å². The van der Waals surface area contributed by atoms with E-state index in [9.17, 15) is 8.78 Å². The number of halogens is 2. The van der Waals surface area contributed by atoms with Crippen LogP contribution in [0, 0.1) is 6.92 Å². The fourth-order valence-corrected chi connectivity index (χ4v) is 4.00. The first kappa shape index (κ1) is 20.4. The Hall–Kier alpha value is -2.36. The van der Waals surface area contributed by atoms with Gasteiger partial charge in [-0.05, 0) is 43.3 Å². The minimum atomic E-state index is -2.85. The van der Waals surface area contributed by atoms with Crippen LogP contribution in [0.1, 0.15) is 9.75 Å². The van der Waals surface area contributed by atoms with E-state index in [2.05, 4.69) is 14.8 Å². The van der Waals surface area contributed by atoms with Gasteiger partial charge in [0.1, 0.15) is 5.75 Å². The van der Waals surface area contributed by atoms with E-state index in [0.29, 0.717) is 13.2 Å². The Balaban J connectivity index is 1.96. The molecule has 9 heteroatoms. The molecule has 0 atom stereocenters. The van der Waals surface area contributed by atoms with Crippen molar-refractivity contribution in [2.45, 2.75) is 13.5 Å². The van der Waals surface area contributed by atoms with Crippen LogP contribution in [0.2, 0.25) is 0 Å². The number of rotatable bonds is 8. The molecule has 0 aliphatic rings. The summed E-state index contributed by atoms with van der Waals surface area (Å²) < 4.78 is 35.9. The Bertz CT molecular complexity index is 991. The van der Waals surface area contributed by atoms with Gasteiger partial charge in [-0.25, -0.2) is 4.68 Å². The Labute approximate surface area is 169 Å². The van der Waals surface area contributed by atoms with Gasteiger partial charge in [0.2, 0.25) is 4.80 Å². The molecule has 0 N–H and O–H groups in total. The van der Waals surface area contributed by atoms with Crippen molar-refractivity contribution < 1.29 is 18.3 Å². The maximum atomic E-state index is 12.4. The molecule has 28 heavy (non-hydrogen) atoms. The number of thiophene rings is 1. The van der Waals surface area contributed by atoms with E-state index in [-0.39, 0.29) is 5.75 Å². The summed E-state index contributed by atoms with van der Waals surface area (Å²) in [6, 6.07) is 10.5. The van der Waals surface area contributed by atoms with Crippen molar-refractivity contribution in [1.82, 2.24) is 4.68 Å². The van der Waals surface area contributed by atoms with Crippen LogP contribution in [-0.2, 0) is 4.74 Å². The number of nitrogens with zero attached hydrogens (tertiary/aromatic N) is 3.